The van der Waals surface area contributed by atoms with Crippen molar-refractivity contribution in [3.8, 4) is 11.5 Å². The highest BCUT2D eigenvalue weighted by Crippen LogP contribution is 2.39. The summed E-state index contributed by atoms with van der Waals surface area (Å²) < 4.78 is 19.1. The predicted molar refractivity (Wildman–Crippen MR) is 151 cm³/mol. The Kier molecular flexibility index (Phi) is 7.55. The quantitative estimate of drug-likeness (QED) is 0.289. The number of esters is 1. The van der Waals surface area contributed by atoms with Gasteiger partial charge in [-0.2, -0.15) is 4.68 Å². The van der Waals surface area contributed by atoms with E-state index < -0.39 is 12.0 Å². The van der Waals surface area contributed by atoms with E-state index in [2.05, 4.69) is 65.9 Å². The van der Waals surface area contributed by atoms with Crippen LogP contribution in [0.25, 0.3) is 0 Å². The molecule has 1 unspecified atom stereocenters. The number of aromatic nitrogens is 4. The number of nitrogens with one attached hydrogen (secondary N) is 1. The fraction of sp³-hybridized carbons (Fsp3) is 0.290. The van der Waals surface area contributed by atoms with Crippen LogP contribution in [0.5, 0.6) is 11.5 Å². The van der Waals surface area contributed by atoms with Crippen molar-refractivity contribution in [2.45, 2.75) is 52.4 Å². The lowest BCUT2D eigenvalue weighted by Crippen LogP contribution is -2.29. The maximum Gasteiger partial charge on any atom is 0.338 e. The molecule has 3 aromatic carbocycles. The molecule has 0 amide bonds. The van der Waals surface area contributed by atoms with Gasteiger partial charge in [0.05, 0.1) is 12.7 Å². The highest BCUT2D eigenvalue weighted by molar-refractivity contribution is 5.92. The Hall–Kier alpha value is -4.66. The first-order valence-electron chi connectivity index (χ1n) is 13.1. The average Bonchev–Trinajstić information content (AvgIpc) is 3.42. The zero-order valence-electron chi connectivity index (χ0n) is 23.3. The van der Waals surface area contributed by atoms with Crippen LogP contribution in [0.2, 0.25) is 0 Å². The maximum absolute atomic E-state index is 13.4. The number of methoxy groups -OCH3 is 1. The summed E-state index contributed by atoms with van der Waals surface area (Å²) in [5.41, 5.74) is 5.08. The minimum absolute atomic E-state index is 0.0895. The van der Waals surface area contributed by atoms with Gasteiger partial charge in [0.2, 0.25) is 5.95 Å². The summed E-state index contributed by atoms with van der Waals surface area (Å²) >= 11 is 0. The number of hydrogen-bond acceptors (Lipinski definition) is 8. The first-order valence-corrected chi connectivity index (χ1v) is 13.1. The van der Waals surface area contributed by atoms with Gasteiger partial charge in [0.15, 0.2) is 11.5 Å². The summed E-state index contributed by atoms with van der Waals surface area (Å²) in [6.07, 6.45) is 0. The van der Waals surface area contributed by atoms with Gasteiger partial charge in [-0.15, -0.1) is 0 Å². The molecular weight excluding hydrogens is 506 g/mol. The zero-order chi connectivity index (χ0) is 28.3. The van der Waals surface area contributed by atoms with E-state index >= 15 is 0 Å². The minimum atomic E-state index is -0.623. The number of benzene rings is 3. The van der Waals surface area contributed by atoms with Gasteiger partial charge in [0, 0.05) is 5.70 Å². The molecular formula is C31H33N5O4. The molecule has 0 spiro atoms. The summed E-state index contributed by atoms with van der Waals surface area (Å²) in [5.74, 6) is 1.09. The molecule has 0 fully saturated rings. The molecule has 1 aromatic heterocycles. The predicted octanol–water partition coefficient (Wildman–Crippen LogP) is 5.59. The molecule has 1 atom stereocenters. The number of ether oxygens (including phenoxy) is 3. The summed E-state index contributed by atoms with van der Waals surface area (Å²) in [6, 6.07) is 22.9. The lowest BCUT2D eigenvalue weighted by Gasteiger charge is -2.28. The van der Waals surface area contributed by atoms with E-state index in [0.717, 1.165) is 16.7 Å². The fourth-order valence-electron chi connectivity index (χ4n) is 4.62. The number of nitrogens with zero attached hydrogens (tertiary/aromatic N) is 4. The van der Waals surface area contributed by atoms with E-state index in [1.807, 2.05) is 55.5 Å². The van der Waals surface area contributed by atoms with Crippen LogP contribution < -0.4 is 14.8 Å². The molecule has 1 N–H and O–H groups in total. The summed E-state index contributed by atoms with van der Waals surface area (Å²) in [4.78, 5) is 13.4. The smallest absolute Gasteiger partial charge is 0.338 e. The first-order chi connectivity index (χ1) is 19.2. The van der Waals surface area contributed by atoms with Crippen LogP contribution in [0.1, 0.15) is 56.0 Å². The van der Waals surface area contributed by atoms with E-state index in [0.29, 0.717) is 35.3 Å². The van der Waals surface area contributed by atoms with Crippen molar-refractivity contribution in [2.75, 3.05) is 12.4 Å². The summed E-state index contributed by atoms with van der Waals surface area (Å²) in [5, 5.41) is 15.1. The van der Waals surface area contributed by atoms with Gasteiger partial charge >= 0.3 is 5.97 Å². The number of rotatable bonds is 8. The SMILES string of the molecule is COc1cc(C2C(C(=O)OCc3ccccc3)=C(C)Nc3nnnn32)ccc1OCc1ccc(C(C)(C)C)cc1. The van der Waals surface area contributed by atoms with E-state index in [1.165, 1.54) is 5.56 Å². The number of tetrazole rings is 1. The third kappa shape index (κ3) is 5.68. The minimum Gasteiger partial charge on any atom is -0.493 e. The highest BCUT2D eigenvalue weighted by atomic mass is 16.5. The molecule has 4 aromatic rings. The molecule has 9 nitrogen and oxygen atoms in total. The molecule has 0 saturated heterocycles. The van der Waals surface area contributed by atoms with Crippen LogP contribution in [0.3, 0.4) is 0 Å². The van der Waals surface area contributed by atoms with Crippen LogP contribution in [-0.2, 0) is 28.2 Å². The molecule has 1 aliphatic heterocycles. The van der Waals surface area contributed by atoms with Crippen LogP contribution >= 0.6 is 0 Å². The molecule has 9 heteroatoms. The van der Waals surface area contributed by atoms with Gasteiger partial charge < -0.3 is 19.5 Å². The van der Waals surface area contributed by atoms with Crippen molar-refractivity contribution in [1.82, 2.24) is 20.2 Å². The molecule has 0 bridgehead atoms. The Bertz CT molecular complexity index is 1520. The number of hydrogen-bond donors (Lipinski definition) is 1. The molecule has 0 radical (unpaired) electrons. The van der Waals surface area contributed by atoms with Crippen LogP contribution in [-0.4, -0.2) is 33.3 Å². The maximum atomic E-state index is 13.4. The van der Waals surface area contributed by atoms with E-state index in [-0.39, 0.29) is 12.0 Å². The van der Waals surface area contributed by atoms with Crippen molar-refractivity contribution < 1.29 is 19.0 Å². The van der Waals surface area contributed by atoms with E-state index in [9.17, 15) is 4.79 Å². The number of anilines is 1. The van der Waals surface area contributed by atoms with Crippen molar-refractivity contribution >= 4 is 11.9 Å². The molecule has 1 aliphatic rings. The van der Waals surface area contributed by atoms with Gasteiger partial charge in [-0.05, 0) is 57.2 Å². The molecule has 0 aliphatic carbocycles. The third-order valence-corrected chi connectivity index (χ3v) is 6.86. The second-order valence-corrected chi connectivity index (χ2v) is 10.7. The lowest BCUT2D eigenvalue weighted by atomic mass is 9.87. The van der Waals surface area contributed by atoms with Crippen molar-refractivity contribution in [1.29, 1.82) is 0 Å². The van der Waals surface area contributed by atoms with Gasteiger partial charge in [-0.3, -0.25) is 0 Å². The Morgan fingerprint density at radius 1 is 0.950 bits per heavy atom. The highest BCUT2D eigenvalue weighted by Gasteiger charge is 2.35. The molecule has 0 saturated carbocycles. The number of carbonyl (C=O) groups is 1. The summed E-state index contributed by atoms with van der Waals surface area (Å²) in [6.45, 7) is 8.92. The fourth-order valence-corrected chi connectivity index (χ4v) is 4.62. The van der Waals surface area contributed by atoms with Crippen LogP contribution in [0, 0.1) is 0 Å². The van der Waals surface area contributed by atoms with E-state index in [4.69, 9.17) is 14.2 Å². The standard InChI is InChI=1S/C31H33N5O4/c1-20-27(29(37)40-19-21-9-7-6-8-10-21)28(36-30(32-20)33-34-35-36)23-13-16-25(26(17-23)38-5)39-18-22-11-14-24(15-12-22)31(2,3)4/h6-17,28H,18-19H2,1-5H3,(H,32,33,35). The van der Waals surface area contributed by atoms with Crippen LogP contribution in [0.4, 0.5) is 5.95 Å². The van der Waals surface area contributed by atoms with Gasteiger partial charge in [-0.1, -0.05) is 86.5 Å². The lowest BCUT2D eigenvalue weighted by molar-refractivity contribution is -0.140. The largest absolute Gasteiger partial charge is 0.493 e. The Morgan fingerprint density at radius 3 is 2.38 bits per heavy atom. The van der Waals surface area contributed by atoms with Crippen molar-refractivity contribution in [2.24, 2.45) is 0 Å². The Balaban J connectivity index is 1.39. The summed E-state index contributed by atoms with van der Waals surface area (Å²) in [7, 11) is 1.59. The third-order valence-electron chi connectivity index (χ3n) is 6.86. The zero-order valence-corrected chi connectivity index (χ0v) is 23.3. The van der Waals surface area contributed by atoms with Crippen LogP contribution in [0.15, 0.2) is 84.1 Å². The van der Waals surface area contributed by atoms with Gasteiger partial charge in [0.25, 0.3) is 0 Å². The monoisotopic (exact) mass is 539 g/mol. The molecule has 5 rings (SSSR count). The Morgan fingerprint density at radius 2 is 1.68 bits per heavy atom. The van der Waals surface area contributed by atoms with E-state index in [1.54, 1.807) is 11.8 Å². The topological polar surface area (TPSA) is 100 Å². The van der Waals surface area contributed by atoms with Gasteiger partial charge in [-0.25, -0.2) is 4.79 Å². The number of carbonyl (C=O) groups excluding carboxylic acids is 1. The van der Waals surface area contributed by atoms with Crippen molar-refractivity contribution in [3.63, 3.8) is 0 Å². The molecule has 206 valence electrons. The number of allylic oxidation sites excluding steroid dienone is 1. The normalized spacial score (nSPS) is 14.8. The number of fused-ring (bicyclic) bond motifs is 1. The van der Waals surface area contributed by atoms with Crippen molar-refractivity contribution in [3.05, 3.63) is 106 Å². The Labute approximate surface area is 233 Å². The molecule has 40 heavy (non-hydrogen) atoms. The first kappa shape index (κ1) is 26.9. The van der Waals surface area contributed by atoms with Gasteiger partial charge in [0.1, 0.15) is 19.3 Å². The second-order valence-electron chi connectivity index (χ2n) is 10.7. The molecule has 2 heterocycles. The second kappa shape index (κ2) is 11.2. The average molecular weight is 540 g/mol.